The van der Waals surface area contributed by atoms with Gasteiger partial charge in [-0.1, -0.05) is 17.7 Å². The summed E-state index contributed by atoms with van der Waals surface area (Å²) in [6.45, 7) is 2.24. The van der Waals surface area contributed by atoms with E-state index in [1.165, 1.54) is 16.7 Å². The molecule has 0 radical (unpaired) electrons. The first-order chi connectivity index (χ1) is 13.8. The number of nitrogens with one attached hydrogen (secondary N) is 2. The van der Waals surface area contributed by atoms with E-state index in [1.807, 2.05) is 6.92 Å². The Morgan fingerprint density at radius 2 is 1.83 bits per heavy atom. The van der Waals surface area contributed by atoms with E-state index in [1.54, 1.807) is 24.3 Å². The highest BCUT2D eigenvalue weighted by atomic mass is 32.2. The SMILES string of the molecule is Cc1ccc(S(=O)(=O)N2CCCC(C(=O)NNC(=O)c3nccnc3N)C2)cc1. The largest absolute Gasteiger partial charge is 0.382 e. The van der Waals surface area contributed by atoms with E-state index in [9.17, 15) is 18.0 Å². The number of rotatable bonds is 4. The van der Waals surface area contributed by atoms with Crippen LogP contribution in [0.1, 0.15) is 28.9 Å². The number of piperidine rings is 1. The van der Waals surface area contributed by atoms with Gasteiger partial charge < -0.3 is 5.73 Å². The van der Waals surface area contributed by atoms with Crippen molar-refractivity contribution in [1.82, 2.24) is 25.1 Å². The van der Waals surface area contributed by atoms with Crippen molar-refractivity contribution in [2.75, 3.05) is 18.8 Å². The molecule has 3 rings (SSSR count). The molecule has 1 aromatic carbocycles. The molecule has 10 nitrogen and oxygen atoms in total. The smallest absolute Gasteiger partial charge is 0.292 e. The first-order valence-electron chi connectivity index (χ1n) is 9.02. The molecule has 2 aromatic rings. The summed E-state index contributed by atoms with van der Waals surface area (Å²) in [5.74, 6) is -1.84. The molecular formula is C18H22N6O4S. The molecule has 1 aromatic heterocycles. The van der Waals surface area contributed by atoms with Crippen LogP contribution in [0.5, 0.6) is 0 Å². The number of hydrogen-bond acceptors (Lipinski definition) is 7. The van der Waals surface area contributed by atoms with Crippen molar-refractivity contribution in [3.8, 4) is 0 Å². The highest BCUT2D eigenvalue weighted by Gasteiger charge is 2.33. The number of hydrazine groups is 1. The molecule has 0 saturated carbocycles. The van der Waals surface area contributed by atoms with Gasteiger partial charge in [-0.05, 0) is 31.9 Å². The number of anilines is 1. The summed E-state index contributed by atoms with van der Waals surface area (Å²) in [5, 5.41) is 0. The molecule has 1 fully saturated rings. The van der Waals surface area contributed by atoms with Crippen molar-refractivity contribution in [2.45, 2.75) is 24.7 Å². The molecule has 0 spiro atoms. The molecule has 11 heteroatoms. The first kappa shape index (κ1) is 20.7. The lowest BCUT2D eigenvalue weighted by atomic mass is 9.99. The number of benzene rings is 1. The van der Waals surface area contributed by atoms with Crippen LogP contribution in [0.15, 0.2) is 41.6 Å². The topological polar surface area (TPSA) is 147 Å². The number of nitrogens with zero attached hydrogens (tertiary/aromatic N) is 3. The monoisotopic (exact) mass is 418 g/mol. The standard InChI is InChI=1S/C18H22N6O4S/c1-12-4-6-14(7-5-12)29(27,28)24-10-2-3-13(11-24)17(25)22-23-18(26)15-16(19)21-9-8-20-15/h4-9,13H,2-3,10-11H2,1H3,(H2,19,21)(H,22,25)(H,23,26). The maximum absolute atomic E-state index is 12.9. The summed E-state index contributed by atoms with van der Waals surface area (Å²) >= 11 is 0. The van der Waals surface area contributed by atoms with E-state index in [2.05, 4.69) is 20.8 Å². The maximum Gasteiger partial charge on any atom is 0.292 e. The van der Waals surface area contributed by atoms with Crippen LogP contribution in [-0.4, -0.2) is 47.6 Å². The predicted octanol–water partition coefficient (Wildman–Crippen LogP) is 0.229. The van der Waals surface area contributed by atoms with Gasteiger partial charge >= 0.3 is 0 Å². The zero-order chi connectivity index (χ0) is 21.0. The second-order valence-corrected chi connectivity index (χ2v) is 8.69. The van der Waals surface area contributed by atoms with Gasteiger partial charge in [0.1, 0.15) is 0 Å². The maximum atomic E-state index is 12.9. The number of sulfonamides is 1. The lowest BCUT2D eigenvalue weighted by Gasteiger charge is -2.31. The van der Waals surface area contributed by atoms with Gasteiger partial charge in [0.2, 0.25) is 15.9 Å². The van der Waals surface area contributed by atoms with Gasteiger partial charge in [-0.2, -0.15) is 4.31 Å². The zero-order valence-corrected chi connectivity index (χ0v) is 16.6. The Bertz CT molecular complexity index is 1010. The summed E-state index contributed by atoms with van der Waals surface area (Å²) in [5.41, 5.74) is 11.0. The normalized spacial score (nSPS) is 17.5. The average Bonchev–Trinajstić information content (AvgIpc) is 2.72. The third kappa shape index (κ3) is 4.69. The third-order valence-electron chi connectivity index (χ3n) is 4.65. The fourth-order valence-electron chi connectivity index (χ4n) is 3.04. The van der Waals surface area contributed by atoms with Crippen LogP contribution in [0.25, 0.3) is 0 Å². The molecule has 0 aliphatic carbocycles. The molecule has 1 saturated heterocycles. The van der Waals surface area contributed by atoms with E-state index in [-0.39, 0.29) is 23.0 Å². The third-order valence-corrected chi connectivity index (χ3v) is 6.53. The molecule has 0 bridgehead atoms. The number of aromatic nitrogens is 2. The molecule has 1 unspecified atom stereocenters. The summed E-state index contributed by atoms with van der Waals surface area (Å²) in [6, 6.07) is 6.57. The number of nitrogens with two attached hydrogens (primary N) is 1. The van der Waals surface area contributed by atoms with E-state index in [0.29, 0.717) is 19.4 Å². The first-order valence-corrected chi connectivity index (χ1v) is 10.5. The minimum Gasteiger partial charge on any atom is -0.382 e. The van der Waals surface area contributed by atoms with Gasteiger partial charge in [-0.25, -0.2) is 18.4 Å². The number of hydrogen-bond donors (Lipinski definition) is 3. The number of carbonyl (C=O) groups excluding carboxylic acids is 2. The van der Waals surface area contributed by atoms with Crippen molar-refractivity contribution >= 4 is 27.7 Å². The molecule has 154 valence electrons. The van der Waals surface area contributed by atoms with Crippen molar-refractivity contribution in [3.05, 3.63) is 47.9 Å². The number of aryl methyl sites for hydroxylation is 1. The Kier molecular flexibility index (Phi) is 6.09. The van der Waals surface area contributed by atoms with Gasteiger partial charge in [0, 0.05) is 25.5 Å². The van der Waals surface area contributed by atoms with E-state index in [0.717, 1.165) is 5.56 Å². The summed E-state index contributed by atoms with van der Waals surface area (Å²) in [6.07, 6.45) is 3.70. The molecule has 29 heavy (non-hydrogen) atoms. The fraction of sp³-hybridized carbons (Fsp3) is 0.333. The van der Waals surface area contributed by atoms with Crippen LogP contribution in [-0.2, 0) is 14.8 Å². The molecule has 1 aliphatic rings. The Balaban J connectivity index is 1.63. The highest BCUT2D eigenvalue weighted by Crippen LogP contribution is 2.24. The molecule has 4 N–H and O–H groups in total. The average molecular weight is 418 g/mol. The van der Waals surface area contributed by atoms with Crippen molar-refractivity contribution in [1.29, 1.82) is 0 Å². The fourth-order valence-corrected chi connectivity index (χ4v) is 4.56. The van der Waals surface area contributed by atoms with Crippen molar-refractivity contribution in [3.63, 3.8) is 0 Å². The minimum atomic E-state index is -3.69. The quantitative estimate of drug-likeness (QED) is 0.602. The second-order valence-electron chi connectivity index (χ2n) is 6.75. The van der Waals surface area contributed by atoms with Crippen LogP contribution in [0, 0.1) is 12.8 Å². The zero-order valence-electron chi connectivity index (χ0n) is 15.8. The lowest BCUT2D eigenvalue weighted by molar-refractivity contribution is -0.126. The van der Waals surface area contributed by atoms with Gasteiger partial charge in [0.05, 0.1) is 10.8 Å². The minimum absolute atomic E-state index is 0.0329. The predicted molar refractivity (Wildman–Crippen MR) is 105 cm³/mol. The molecular weight excluding hydrogens is 396 g/mol. The van der Waals surface area contributed by atoms with Crippen LogP contribution < -0.4 is 16.6 Å². The van der Waals surface area contributed by atoms with Crippen LogP contribution in [0.2, 0.25) is 0 Å². The van der Waals surface area contributed by atoms with Gasteiger partial charge in [0.15, 0.2) is 11.5 Å². The Morgan fingerprint density at radius 3 is 2.52 bits per heavy atom. The second kappa shape index (κ2) is 8.53. The van der Waals surface area contributed by atoms with E-state index in [4.69, 9.17) is 5.73 Å². The van der Waals surface area contributed by atoms with Gasteiger partial charge in [-0.3, -0.25) is 20.4 Å². The van der Waals surface area contributed by atoms with Crippen LogP contribution >= 0.6 is 0 Å². The molecule has 1 aliphatic heterocycles. The Hall–Kier alpha value is -3.05. The summed E-state index contributed by atoms with van der Waals surface area (Å²) < 4.78 is 27.0. The molecule has 2 heterocycles. The molecule has 2 amide bonds. The number of nitrogen functional groups attached to an aromatic ring is 1. The van der Waals surface area contributed by atoms with Gasteiger partial charge in [0.25, 0.3) is 5.91 Å². The van der Waals surface area contributed by atoms with Crippen molar-refractivity contribution in [2.24, 2.45) is 5.92 Å². The highest BCUT2D eigenvalue weighted by molar-refractivity contribution is 7.89. The van der Waals surface area contributed by atoms with E-state index < -0.39 is 27.8 Å². The number of amides is 2. The summed E-state index contributed by atoms with van der Waals surface area (Å²) in [7, 11) is -3.69. The van der Waals surface area contributed by atoms with Gasteiger partial charge in [-0.15, -0.1) is 0 Å². The van der Waals surface area contributed by atoms with Crippen LogP contribution in [0.3, 0.4) is 0 Å². The Morgan fingerprint density at radius 1 is 1.14 bits per heavy atom. The van der Waals surface area contributed by atoms with Crippen molar-refractivity contribution < 1.29 is 18.0 Å². The van der Waals surface area contributed by atoms with Crippen LogP contribution in [0.4, 0.5) is 5.82 Å². The lowest BCUT2D eigenvalue weighted by Crippen LogP contribution is -2.50. The molecule has 1 atom stereocenters. The Labute approximate surface area is 168 Å². The summed E-state index contributed by atoms with van der Waals surface area (Å²) in [4.78, 5) is 32.3. The van der Waals surface area contributed by atoms with E-state index >= 15 is 0 Å². The number of carbonyl (C=O) groups is 2.